The Bertz CT molecular complexity index is 388. The van der Waals surface area contributed by atoms with Gasteiger partial charge >= 0.3 is 6.09 Å². The second-order valence-corrected chi connectivity index (χ2v) is 3.52. The molecule has 1 saturated heterocycles. The largest absolute Gasteiger partial charge is 0.465 e. The molecule has 1 aromatic rings. The Hall–Kier alpha value is -1.84. The minimum absolute atomic E-state index is 0.290. The van der Waals surface area contributed by atoms with Gasteiger partial charge in [-0.05, 0) is 12.0 Å². The van der Waals surface area contributed by atoms with Gasteiger partial charge in [-0.2, -0.15) is 0 Å². The summed E-state index contributed by atoms with van der Waals surface area (Å²) in [6, 6.07) is 9.29. The first-order valence-corrected chi connectivity index (χ1v) is 4.79. The van der Waals surface area contributed by atoms with E-state index in [0.717, 1.165) is 10.5 Å². The molecule has 2 rings (SSSR count). The van der Waals surface area contributed by atoms with Gasteiger partial charge in [0.2, 0.25) is 5.91 Å². The van der Waals surface area contributed by atoms with E-state index in [0.29, 0.717) is 13.0 Å². The third kappa shape index (κ3) is 1.70. The molecule has 1 N–H and O–H groups in total. The number of rotatable bonds is 1. The Kier molecular flexibility index (Phi) is 2.41. The van der Waals surface area contributed by atoms with Crippen LogP contribution in [-0.2, 0) is 4.79 Å². The smallest absolute Gasteiger partial charge is 0.414 e. The van der Waals surface area contributed by atoms with Crippen molar-refractivity contribution in [3.63, 3.8) is 0 Å². The molecule has 0 bridgehead atoms. The van der Waals surface area contributed by atoms with Crippen LogP contribution in [0, 0.1) is 0 Å². The normalized spacial score (nSPS) is 20.7. The van der Waals surface area contributed by atoms with Crippen LogP contribution in [0.4, 0.5) is 4.79 Å². The molecule has 15 heavy (non-hydrogen) atoms. The molecule has 4 heteroatoms. The summed E-state index contributed by atoms with van der Waals surface area (Å²) in [6.45, 7) is 0.299. The molecule has 0 spiro atoms. The van der Waals surface area contributed by atoms with E-state index >= 15 is 0 Å². The number of hydrogen-bond acceptors (Lipinski definition) is 2. The zero-order valence-corrected chi connectivity index (χ0v) is 8.09. The van der Waals surface area contributed by atoms with Crippen LogP contribution in [0.25, 0.3) is 0 Å². The summed E-state index contributed by atoms with van der Waals surface area (Å²) in [6.07, 6.45) is -0.576. The van der Waals surface area contributed by atoms with Crippen molar-refractivity contribution in [2.45, 2.75) is 12.3 Å². The molecule has 78 valence electrons. The molecule has 1 unspecified atom stereocenters. The van der Waals surface area contributed by atoms with Crippen LogP contribution in [0.15, 0.2) is 30.3 Å². The van der Waals surface area contributed by atoms with Crippen molar-refractivity contribution in [3.8, 4) is 0 Å². The summed E-state index contributed by atoms with van der Waals surface area (Å²) in [4.78, 5) is 23.3. The van der Waals surface area contributed by atoms with Gasteiger partial charge in [0.25, 0.3) is 0 Å². The predicted molar refractivity (Wildman–Crippen MR) is 53.5 cm³/mol. The highest BCUT2D eigenvalue weighted by molar-refractivity contribution is 5.96. The molecule has 0 saturated carbocycles. The summed E-state index contributed by atoms with van der Waals surface area (Å²) in [5.74, 6) is -0.601. The van der Waals surface area contributed by atoms with E-state index in [1.165, 1.54) is 0 Å². The second-order valence-electron chi connectivity index (χ2n) is 3.52. The Morgan fingerprint density at radius 2 is 2.00 bits per heavy atom. The van der Waals surface area contributed by atoms with E-state index in [1.54, 1.807) is 0 Å². The Morgan fingerprint density at radius 3 is 2.53 bits per heavy atom. The standard InChI is InChI=1S/C11H11NO3/c13-10-9(6-7-12(10)11(14)15)8-4-2-1-3-5-8/h1-5,9H,6-7H2,(H,14,15). The highest BCUT2D eigenvalue weighted by atomic mass is 16.4. The minimum atomic E-state index is -1.15. The van der Waals surface area contributed by atoms with Crippen molar-refractivity contribution >= 4 is 12.0 Å². The van der Waals surface area contributed by atoms with Gasteiger partial charge in [0.1, 0.15) is 0 Å². The van der Waals surface area contributed by atoms with Crippen LogP contribution in [0.5, 0.6) is 0 Å². The topological polar surface area (TPSA) is 57.6 Å². The molecular weight excluding hydrogens is 194 g/mol. The van der Waals surface area contributed by atoms with Crippen LogP contribution < -0.4 is 0 Å². The van der Waals surface area contributed by atoms with E-state index in [9.17, 15) is 9.59 Å². The van der Waals surface area contributed by atoms with Crippen LogP contribution >= 0.6 is 0 Å². The highest BCUT2D eigenvalue weighted by Crippen LogP contribution is 2.28. The van der Waals surface area contributed by atoms with E-state index in [-0.39, 0.29) is 11.8 Å². The van der Waals surface area contributed by atoms with Crippen molar-refractivity contribution in [3.05, 3.63) is 35.9 Å². The van der Waals surface area contributed by atoms with Gasteiger partial charge < -0.3 is 5.11 Å². The van der Waals surface area contributed by atoms with Gasteiger partial charge in [-0.1, -0.05) is 30.3 Å². The van der Waals surface area contributed by atoms with Gasteiger partial charge in [0.05, 0.1) is 5.92 Å². The van der Waals surface area contributed by atoms with Crippen LogP contribution in [0.2, 0.25) is 0 Å². The Labute approximate surface area is 87.1 Å². The number of likely N-dealkylation sites (tertiary alicyclic amines) is 1. The highest BCUT2D eigenvalue weighted by Gasteiger charge is 2.36. The molecule has 1 aromatic carbocycles. The van der Waals surface area contributed by atoms with E-state index in [2.05, 4.69) is 0 Å². The summed E-state index contributed by atoms with van der Waals surface area (Å²) in [5, 5.41) is 8.75. The molecule has 1 heterocycles. The van der Waals surface area contributed by atoms with Gasteiger partial charge in [0, 0.05) is 6.54 Å². The quantitative estimate of drug-likeness (QED) is 0.758. The zero-order valence-electron chi connectivity index (χ0n) is 8.09. The monoisotopic (exact) mass is 205 g/mol. The predicted octanol–water partition coefficient (Wildman–Crippen LogP) is 1.68. The van der Waals surface area contributed by atoms with Crippen molar-refractivity contribution in [1.82, 2.24) is 4.90 Å². The van der Waals surface area contributed by atoms with Crippen molar-refractivity contribution in [2.24, 2.45) is 0 Å². The number of benzene rings is 1. The lowest BCUT2D eigenvalue weighted by atomic mass is 9.98. The van der Waals surface area contributed by atoms with Crippen molar-refractivity contribution in [1.29, 1.82) is 0 Å². The maximum absolute atomic E-state index is 11.7. The lowest BCUT2D eigenvalue weighted by molar-refractivity contribution is -0.127. The molecule has 2 amide bonds. The van der Waals surface area contributed by atoms with Gasteiger partial charge in [-0.3, -0.25) is 4.79 Å². The third-order valence-corrected chi connectivity index (χ3v) is 2.64. The fourth-order valence-electron chi connectivity index (χ4n) is 1.86. The van der Waals surface area contributed by atoms with Crippen LogP contribution in [0.3, 0.4) is 0 Å². The van der Waals surface area contributed by atoms with Gasteiger partial charge in [0.15, 0.2) is 0 Å². The van der Waals surface area contributed by atoms with Crippen LogP contribution in [-0.4, -0.2) is 28.6 Å². The number of amides is 2. The first kappa shape index (κ1) is 9.71. The minimum Gasteiger partial charge on any atom is -0.465 e. The summed E-state index contributed by atoms with van der Waals surface area (Å²) in [7, 11) is 0. The second kappa shape index (κ2) is 3.73. The van der Waals surface area contributed by atoms with Gasteiger partial charge in [-0.15, -0.1) is 0 Å². The molecule has 1 atom stereocenters. The first-order valence-electron chi connectivity index (χ1n) is 4.79. The number of hydrogen-bond donors (Lipinski definition) is 1. The maximum Gasteiger partial charge on any atom is 0.414 e. The van der Waals surface area contributed by atoms with E-state index in [4.69, 9.17) is 5.11 Å². The number of nitrogens with zero attached hydrogens (tertiary/aromatic N) is 1. The SMILES string of the molecule is O=C(O)N1CCC(c2ccccc2)C1=O. The number of carbonyl (C=O) groups excluding carboxylic acids is 1. The van der Waals surface area contributed by atoms with E-state index < -0.39 is 6.09 Å². The molecular formula is C11H11NO3. The maximum atomic E-state index is 11.7. The molecule has 4 nitrogen and oxygen atoms in total. The number of carbonyl (C=O) groups is 2. The fraction of sp³-hybridized carbons (Fsp3) is 0.273. The van der Waals surface area contributed by atoms with Crippen LogP contribution in [0.1, 0.15) is 17.9 Å². The number of imide groups is 1. The summed E-state index contributed by atoms with van der Waals surface area (Å²) in [5.41, 5.74) is 0.895. The lowest BCUT2D eigenvalue weighted by Crippen LogP contribution is -2.31. The van der Waals surface area contributed by atoms with Crippen molar-refractivity contribution < 1.29 is 14.7 Å². The zero-order chi connectivity index (χ0) is 10.8. The average Bonchev–Trinajstić information content (AvgIpc) is 2.61. The average molecular weight is 205 g/mol. The van der Waals surface area contributed by atoms with Gasteiger partial charge in [-0.25, -0.2) is 9.69 Å². The summed E-state index contributed by atoms with van der Waals surface area (Å²) < 4.78 is 0. The third-order valence-electron chi connectivity index (χ3n) is 2.64. The summed E-state index contributed by atoms with van der Waals surface area (Å²) >= 11 is 0. The molecule has 1 fully saturated rings. The van der Waals surface area contributed by atoms with Crippen molar-refractivity contribution in [2.75, 3.05) is 6.54 Å². The first-order chi connectivity index (χ1) is 7.20. The Balaban J connectivity index is 2.21. The molecule has 0 aliphatic carbocycles. The molecule has 0 radical (unpaired) electrons. The molecule has 0 aromatic heterocycles. The fourth-order valence-corrected chi connectivity index (χ4v) is 1.86. The number of carboxylic acid groups (broad SMARTS) is 1. The lowest BCUT2D eigenvalue weighted by Gasteiger charge is -2.10. The van der Waals surface area contributed by atoms with E-state index in [1.807, 2.05) is 30.3 Å². The molecule has 1 aliphatic heterocycles. The molecule has 1 aliphatic rings. The Morgan fingerprint density at radius 1 is 1.33 bits per heavy atom.